The zero-order chi connectivity index (χ0) is 20.3. The molecule has 1 fully saturated rings. The maximum absolute atomic E-state index is 12.8. The van der Waals surface area contributed by atoms with E-state index in [-0.39, 0.29) is 11.3 Å². The third-order valence-corrected chi connectivity index (χ3v) is 4.94. The Morgan fingerprint density at radius 1 is 1.14 bits per heavy atom. The highest BCUT2D eigenvalue weighted by atomic mass is 35.5. The van der Waals surface area contributed by atoms with Crippen LogP contribution in [-0.2, 0) is 9.59 Å². The van der Waals surface area contributed by atoms with Crippen molar-refractivity contribution in [3.63, 3.8) is 0 Å². The number of carbonyl (C=O) groups is 2. The molecule has 0 radical (unpaired) electrons. The number of ketones is 1. The van der Waals surface area contributed by atoms with Gasteiger partial charge < -0.3 is 14.9 Å². The van der Waals surface area contributed by atoms with Gasteiger partial charge in [-0.3, -0.25) is 14.6 Å². The molecular formula is C21H22ClN3O3. The number of pyridine rings is 1. The second-order valence-corrected chi connectivity index (χ2v) is 7.37. The molecule has 146 valence electrons. The predicted molar refractivity (Wildman–Crippen MR) is 108 cm³/mol. The van der Waals surface area contributed by atoms with E-state index >= 15 is 0 Å². The Morgan fingerprint density at radius 3 is 2.39 bits per heavy atom. The summed E-state index contributed by atoms with van der Waals surface area (Å²) in [5.74, 6) is -1.48. The first kappa shape index (κ1) is 20.0. The number of halogens is 1. The van der Waals surface area contributed by atoms with Gasteiger partial charge in [-0.05, 0) is 69.0 Å². The summed E-state index contributed by atoms with van der Waals surface area (Å²) in [6.07, 6.45) is 3.93. The van der Waals surface area contributed by atoms with Gasteiger partial charge in [-0.1, -0.05) is 11.6 Å². The van der Waals surface area contributed by atoms with Crippen molar-refractivity contribution in [3.8, 4) is 0 Å². The van der Waals surface area contributed by atoms with Crippen LogP contribution in [0.2, 0.25) is 5.02 Å². The van der Waals surface area contributed by atoms with Gasteiger partial charge in [-0.15, -0.1) is 0 Å². The quantitative estimate of drug-likeness (QED) is 0.459. The lowest BCUT2D eigenvalue weighted by atomic mass is 9.96. The fourth-order valence-corrected chi connectivity index (χ4v) is 3.45. The van der Waals surface area contributed by atoms with Gasteiger partial charge in [0.1, 0.15) is 5.76 Å². The normalized spacial score (nSPS) is 18.9. The summed E-state index contributed by atoms with van der Waals surface area (Å²) in [5, 5.41) is 11.4. The molecular weight excluding hydrogens is 378 g/mol. The molecule has 1 aromatic carbocycles. The van der Waals surface area contributed by atoms with Crippen LogP contribution in [0.3, 0.4) is 0 Å². The summed E-state index contributed by atoms with van der Waals surface area (Å²) >= 11 is 5.92. The summed E-state index contributed by atoms with van der Waals surface area (Å²) in [6, 6.07) is 9.37. The molecule has 0 spiro atoms. The molecule has 6 nitrogen and oxygen atoms in total. The maximum atomic E-state index is 12.8. The Hall–Kier alpha value is -2.70. The van der Waals surface area contributed by atoms with Crippen LogP contribution in [0.15, 0.2) is 54.4 Å². The second kappa shape index (κ2) is 8.54. The zero-order valence-electron chi connectivity index (χ0n) is 15.8. The Bertz CT molecular complexity index is 895. The molecule has 0 aliphatic carbocycles. The van der Waals surface area contributed by atoms with Crippen LogP contribution >= 0.6 is 11.6 Å². The Morgan fingerprint density at radius 2 is 1.79 bits per heavy atom. The molecule has 1 atom stereocenters. The standard InChI is InChI=1S/C21H22ClN3O3/c1-24(2)12-3-13-25-18(14-8-10-23-11-9-14)17(20(27)21(25)28)19(26)15-4-6-16(22)7-5-15/h4-11,18,26H,3,12-13H2,1-2H3/b19-17-. The van der Waals surface area contributed by atoms with E-state index < -0.39 is 17.7 Å². The number of aromatic nitrogens is 1. The fraction of sp³-hybridized carbons (Fsp3) is 0.286. The second-order valence-electron chi connectivity index (χ2n) is 6.94. The first-order chi connectivity index (χ1) is 13.4. The highest BCUT2D eigenvalue weighted by molar-refractivity contribution is 6.46. The number of amides is 1. The number of benzene rings is 1. The number of nitrogens with zero attached hydrogens (tertiary/aromatic N) is 3. The smallest absolute Gasteiger partial charge is 0.295 e. The molecule has 3 rings (SSSR count). The average molecular weight is 400 g/mol. The maximum Gasteiger partial charge on any atom is 0.295 e. The Balaban J connectivity index is 2.06. The van der Waals surface area contributed by atoms with Crippen LogP contribution in [0.5, 0.6) is 0 Å². The molecule has 1 unspecified atom stereocenters. The van der Waals surface area contributed by atoms with Crippen molar-refractivity contribution in [1.29, 1.82) is 0 Å². The number of carbonyl (C=O) groups excluding carboxylic acids is 2. The van der Waals surface area contributed by atoms with Gasteiger partial charge in [-0.2, -0.15) is 0 Å². The van der Waals surface area contributed by atoms with E-state index in [1.165, 1.54) is 4.90 Å². The van der Waals surface area contributed by atoms with Crippen LogP contribution in [-0.4, -0.2) is 58.8 Å². The number of Topliss-reactive ketones (excluding diaryl/α,β-unsaturated/α-hetero) is 1. The largest absolute Gasteiger partial charge is 0.507 e. The lowest BCUT2D eigenvalue weighted by Gasteiger charge is -2.25. The van der Waals surface area contributed by atoms with E-state index in [0.29, 0.717) is 23.6 Å². The van der Waals surface area contributed by atoms with Crippen molar-refractivity contribution in [2.75, 3.05) is 27.2 Å². The van der Waals surface area contributed by atoms with Gasteiger partial charge in [0.05, 0.1) is 11.6 Å². The number of aliphatic hydroxyl groups is 1. The minimum absolute atomic E-state index is 0.0865. The van der Waals surface area contributed by atoms with Gasteiger partial charge in [0, 0.05) is 29.5 Å². The van der Waals surface area contributed by atoms with Crippen LogP contribution < -0.4 is 0 Å². The van der Waals surface area contributed by atoms with Crippen molar-refractivity contribution < 1.29 is 14.7 Å². The molecule has 1 aliphatic heterocycles. The molecule has 7 heteroatoms. The van der Waals surface area contributed by atoms with Gasteiger partial charge in [0.2, 0.25) is 0 Å². The molecule has 28 heavy (non-hydrogen) atoms. The molecule has 1 aliphatic rings. The highest BCUT2D eigenvalue weighted by Crippen LogP contribution is 2.39. The van der Waals surface area contributed by atoms with E-state index in [0.717, 1.165) is 12.1 Å². The third kappa shape index (κ3) is 4.08. The van der Waals surface area contributed by atoms with Crippen molar-refractivity contribution in [2.45, 2.75) is 12.5 Å². The average Bonchev–Trinajstić information content (AvgIpc) is 2.93. The van der Waals surface area contributed by atoms with E-state index in [1.807, 2.05) is 19.0 Å². The predicted octanol–water partition coefficient (Wildman–Crippen LogP) is 3.11. The highest BCUT2D eigenvalue weighted by Gasteiger charge is 2.45. The molecule has 2 aromatic rings. The fourth-order valence-electron chi connectivity index (χ4n) is 3.32. The van der Waals surface area contributed by atoms with Gasteiger partial charge in [0.25, 0.3) is 11.7 Å². The van der Waals surface area contributed by atoms with Gasteiger partial charge in [-0.25, -0.2) is 0 Å². The van der Waals surface area contributed by atoms with E-state index in [4.69, 9.17) is 11.6 Å². The number of aliphatic hydroxyl groups excluding tert-OH is 1. The first-order valence-corrected chi connectivity index (χ1v) is 9.37. The molecule has 2 heterocycles. The molecule has 1 saturated heterocycles. The van der Waals surface area contributed by atoms with Crippen molar-refractivity contribution in [1.82, 2.24) is 14.8 Å². The SMILES string of the molecule is CN(C)CCCN1C(=O)C(=O)/C(=C(\O)c2ccc(Cl)cc2)C1c1ccncc1. The molecule has 1 amide bonds. The van der Waals surface area contributed by atoms with E-state index in [9.17, 15) is 14.7 Å². The van der Waals surface area contributed by atoms with E-state index in [2.05, 4.69) is 4.98 Å². The van der Waals surface area contributed by atoms with Crippen LogP contribution in [0, 0.1) is 0 Å². The number of hydrogen-bond donors (Lipinski definition) is 1. The van der Waals surface area contributed by atoms with Crippen molar-refractivity contribution >= 4 is 29.1 Å². The molecule has 1 aromatic heterocycles. The van der Waals surface area contributed by atoms with Crippen molar-refractivity contribution in [2.24, 2.45) is 0 Å². The number of hydrogen-bond acceptors (Lipinski definition) is 5. The van der Waals surface area contributed by atoms with Crippen LogP contribution in [0.1, 0.15) is 23.6 Å². The summed E-state index contributed by atoms with van der Waals surface area (Å²) < 4.78 is 0. The van der Waals surface area contributed by atoms with E-state index in [1.54, 1.807) is 48.8 Å². The lowest BCUT2D eigenvalue weighted by molar-refractivity contribution is -0.139. The monoisotopic (exact) mass is 399 g/mol. The van der Waals surface area contributed by atoms with Crippen LogP contribution in [0.4, 0.5) is 0 Å². The topological polar surface area (TPSA) is 73.7 Å². The summed E-state index contributed by atoms with van der Waals surface area (Å²) in [6.45, 7) is 1.19. The van der Waals surface area contributed by atoms with Gasteiger partial charge >= 0.3 is 0 Å². The summed E-state index contributed by atoms with van der Waals surface area (Å²) in [7, 11) is 3.91. The Kier molecular flexibility index (Phi) is 6.11. The van der Waals surface area contributed by atoms with Gasteiger partial charge in [0.15, 0.2) is 0 Å². The lowest BCUT2D eigenvalue weighted by Crippen LogP contribution is -2.32. The third-order valence-electron chi connectivity index (χ3n) is 4.68. The summed E-state index contributed by atoms with van der Waals surface area (Å²) in [5.41, 5.74) is 1.26. The molecule has 0 bridgehead atoms. The molecule has 1 N–H and O–H groups in total. The Labute approximate surface area is 169 Å². The number of likely N-dealkylation sites (tertiary alicyclic amines) is 1. The zero-order valence-corrected chi connectivity index (χ0v) is 16.6. The summed E-state index contributed by atoms with van der Waals surface area (Å²) in [4.78, 5) is 33.1. The minimum atomic E-state index is -0.681. The van der Waals surface area contributed by atoms with Crippen molar-refractivity contribution in [3.05, 3.63) is 70.5 Å². The molecule has 0 saturated carbocycles. The minimum Gasteiger partial charge on any atom is -0.507 e. The number of rotatable bonds is 6. The van der Waals surface area contributed by atoms with Crippen LogP contribution in [0.25, 0.3) is 5.76 Å². The first-order valence-electron chi connectivity index (χ1n) is 8.99.